The molecule has 0 aromatic carbocycles. The highest BCUT2D eigenvalue weighted by atomic mass is 16.5. The lowest BCUT2D eigenvalue weighted by Gasteiger charge is -2.16. The quantitative estimate of drug-likeness (QED) is 0.528. The molecule has 1 aliphatic rings. The summed E-state index contributed by atoms with van der Waals surface area (Å²) in [5.74, 6) is 0. The number of likely N-dealkylation sites (tertiary alicyclic amines) is 1. The molecule has 1 saturated heterocycles. The maximum absolute atomic E-state index is 5.47. The molecule has 0 aromatic rings. The molecule has 0 spiro atoms. The normalized spacial score (nSPS) is 22.9. The van der Waals surface area contributed by atoms with Gasteiger partial charge in [-0.1, -0.05) is 6.08 Å². The van der Waals surface area contributed by atoms with E-state index in [2.05, 4.69) is 23.8 Å². The van der Waals surface area contributed by atoms with Crippen LogP contribution in [-0.4, -0.2) is 50.8 Å². The Bertz CT molecular complexity index is 185. The van der Waals surface area contributed by atoms with Crippen LogP contribution in [0.4, 0.5) is 0 Å². The van der Waals surface area contributed by atoms with E-state index in [1.165, 1.54) is 32.4 Å². The SMILES string of the molecule is C=CCCOCCNC1CCCN(C)CC1. The van der Waals surface area contributed by atoms with Gasteiger partial charge < -0.3 is 15.0 Å². The smallest absolute Gasteiger partial charge is 0.0591 e. The number of nitrogens with one attached hydrogen (secondary N) is 1. The van der Waals surface area contributed by atoms with E-state index < -0.39 is 0 Å². The molecular weight excluding hydrogens is 200 g/mol. The van der Waals surface area contributed by atoms with Gasteiger partial charge in [0, 0.05) is 12.6 Å². The summed E-state index contributed by atoms with van der Waals surface area (Å²) in [6.45, 7) is 8.73. The molecule has 1 N–H and O–H groups in total. The third kappa shape index (κ3) is 6.26. The molecule has 0 bridgehead atoms. The fourth-order valence-corrected chi connectivity index (χ4v) is 2.05. The van der Waals surface area contributed by atoms with Gasteiger partial charge in [0.25, 0.3) is 0 Å². The van der Waals surface area contributed by atoms with Gasteiger partial charge in [-0.2, -0.15) is 0 Å². The molecule has 0 amide bonds. The largest absolute Gasteiger partial charge is 0.380 e. The molecule has 0 saturated carbocycles. The molecule has 94 valence electrons. The molecule has 1 fully saturated rings. The zero-order valence-electron chi connectivity index (χ0n) is 10.6. The van der Waals surface area contributed by atoms with E-state index in [9.17, 15) is 0 Å². The van der Waals surface area contributed by atoms with Gasteiger partial charge in [0.2, 0.25) is 0 Å². The maximum Gasteiger partial charge on any atom is 0.0591 e. The van der Waals surface area contributed by atoms with Crippen LogP contribution in [0.2, 0.25) is 0 Å². The molecule has 3 nitrogen and oxygen atoms in total. The average molecular weight is 226 g/mol. The molecule has 1 atom stereocenters. The molecule has 1 aliphatic heterocycles. The lowest BCUT2D eigenvalue weighted by Crippen LogP contribution is -2.32. The van der Waals surface area contributed by atoms with Gasteiger partial charge >= 0.3 is 0 Å². The Kier molecular flexibility index (Phi) is 7.47. The Hall–Kier alpha value is -0.380. The van der Waals surface area contributed by atoms with E-state index in [1.54, 1.807) is 0 Å². The second-order valence-electron chi connectivity index (χ2n) is 4.57. The minimum Gasteiger partial charge on any atom is -0.380 e. The molecule has 0 aliphatic carbocycles. The monoisotopic (exact) mass is 226 g/mol. The van der Waals surface area contributed by atoms with Crippen LogP contribution in [0, 0.1) is 0 Å². The Morgan fingerprint density at radius 3 is 3.06 bits per heavy atom. The van der Waals surface area contributed by atoms with Crippen molar-refractivity contribution in [1.29, 1.82) is 0 Å². The van der Waals surface area contributed by atoms with Gasteiger partial charge in [0.15, 0.2) is 0 Å². The van der Waals surface area contributed by atoms with Crippen molar-refractivity contribution in [3.63, 3.8) is 0 Å². The second-order valence-corrected chi connectivity index (χ2v) is 4.57. The van der Waals surface area contributed by atoms with Crippen molar-refractivity contribution in [2.24, 2.45) is 0 Å². The van der Waals surface area contributed by atoms with E-state index in [4.69, 9.17) is 4.74 Å². The first-order valence-electron chi connectivity index (χ1n) is 6.43. The third-order valence-corrected chi connectivity index (χ3v) is 3.10. The minimum atomic E-state index is 0.688. The summed E-state index contributed by atoms with van der Waals surface area (Å²) in [7, 11) is 2.21. The fourth-order valence-electron chi connectivity index (χ4n) is 2.05. The van der Waals surface area contributed by atoms with E-state index in [1.807, 2.05) is 6.08 Å². The van der Waals surface area contributed by atoms with Gasteiger partial charge in [0.1, 0.15) is 0 Å². The highest BCUT2D eigenvalue weighted by Gasteiger charge is 2.13. The zero-order valence-corrected chi connectivity index (χ0v) is 10.6. The van der Waals surface area contributed by atoms with E-state index in [0.29, 0.717) is 6.04 Å². The standard InChI is InChI=1S/C13H26N2O/c1-3-4-11-16-12-8-14-13-6-5-9-15(2)10-7-13/h3,13-14H,1,4-12H2,2H3. The Labute approximate surface area is 99.8 Å². The van der Waals surface area contributed by atoms with E-state index >= 15 is 0 Å². The lowest BCUT2D eigenvalue weighted by molar-refractivity contribution is 0.137. The van der Waals surface area contributed by atoms with Gasteiger partial charge in [-0.3, -0.25) is 0 Å². The third-order valence-electron chi connectivity index (χ3n) is 3.10. The van der Waals surface area contributed by atoms with E-state index in [0.717, 1.165) is 26.2 Å². The number of rotatable bonds is 7. The minimum absolute atomic E-state index is 0.688. The zero-order chi connectivity index (χ0) is 11.6. The summed E-state index contributed by atoms with van der Waals surface area (Å²) in [5, 5.41) is 3.58. The summed E-state index contributed by atoms with van der Waals surface area (Å²) in [4.78, 5) is 2.42. The second kappa shape index (κ2) is 8.74. The van der Waals surface area contributed by atoms with Crippen LogP contribution in [-0.2, 0) is 4.74 Å². The maximum atomic E-state index is 5.47. The van der Waals surface area contributed by atoms with Crippen LogP contribution in [0.5, 0.6) is 0 Å². The molecule has 1 heterocycles. The summed E-state index contributed by atoms with van der Waals surface area (Å²) >= 11 is 0. The highest BCUT2D eigenvalue weighted by molar-refractivity contribution is 4.73. The molecule has 0 aromatic heterocycles. The molecular formula is C13H26N2O. The van der Waals surface area contributed by atoms with Crippen LogP contribution >= 0.6 is 0 Å². The molecule has 1 unspecified atom stereocenters. The first-order valence-corrected chi connectivity index (χ1v) is 6.43. The van der Waals surface area contributed by atoms with Gasteiger partial charge in [-0.05, 0) is 45.8 Å². The number of ether oxygens (including phenoxy) is 1. The van der Waals surface area contributed by atoms with Gasteiger partial charge in [-0.15, -0.1) is 6.58 Å². The Morgan fingerprint density at radius 1 is 1.38 bits per heavy atom. The summed E-state index contributed by atoms with van der Waals surface area (Å²) < 4.78 is 5.47. The van der Waals surface area contributed by atoms with Crippen LogP contribution in [0.1, 0.15) is 25.7 Å². The van der Waals surface area contributed by atoms with Crippen molar-refractivity contribution in [2.75, 3.05) is 39.9 Å². The predicted molar refractivity (Wildman–Crippen MR) is 68.8 cm³/mol. The summed E-state index contributed by atoms with van der Waals surface area (Å²) in [6, 6.07) is 0.688. The van der Waals surface area contributed by atoms with Crippen LogP contribution in [0.15, 0.2) is 12.7 Å². The average Bonchev–Trinajstić information content (AvgIpc) is 2.49. The van der Waals surface area contributed by atoms with Crippen LogP contribution < -0.4 is 5.32 Å². The van der Waals surface area contributed by atoms with Crippen LogP contribution in [0.3, 0.4) is 0 Å². The molecule has 3 heteroatoms. The van der Waals surface area contributed by atoms with Crippen molar-refractivity contribution in [3.05, 3.63) is 12.7 Å². The van der Waals surface area contributed by atoms with Crippen molar-refractivity contribution < 1.29 is 4.74 Å². The first-order chi connectivity index (χ1) is 7.83. The van der Waals surface area contributed by atoms with Crippen molar-refractivity contribution in [3.8, 4) is 0 Å². The van der Waals surface area contributed by atoms with Crippen molar-refractivity contribution in [1.82, 2.24) is 10.2 Å². The number of hydrogen-bond donors (Lipinski definition) is 1. The number of nitrogens with zero attached hydrogens (tertiary/aromatic N) is 1. The summed E-state index contributed by atoms with van der Waals surface area (Å²) in [6.07, 6.45) is 6.73. The van der Waals surface area contributed by atoms with Crippen LogP contribution in [0.25, 0.3) is 0 Å². The predicted octanol–water partition coefficient (Wildman–Crippen LogP) is 1.65. The topological polar surface area (TPSA) is 24.5 Å². The Morgan fingerprint density at radius 2 is 2.25 bits per heavy atom. The number of hydrogen-bond acceptors (Lipinski definition) is 3. The molecule has 0 radical (unpaired) electrons. The fraction of sp³-hybridized carbons (Fsp3) is 0.846. The van der Waals surface area contributed by atoms with Gasteiger partial charge in [0.05, 0.1) is 13.2 Å². The first kappa shape index (κ1) is 13.7. The molecule has 16 heavy (non-hydrogen) atoms. The Balaban J connectivity index is 1.97. The van der Waals surface area contributed by atoms with E-state index in [-0.39, 0.29) is 0 Å². The highest BCUT2D eigenvalue weighted by Crippen LogP contribution is 2.08. The lowest BCUT2D eigenvalue weighted by atomic mass is 10.1. The molecule has 1 rings (SSSR count). The van der Waals surface area contributed by atoms with Gasteiger partial charge in [-0.25, -0.2) is 0 Å². The van der Waals surface area contributed by atoms with Crippen molar-refractivity contribution in [2.45, 2.75) is 31.7 Å². The van der Waals surface area contributed by atoms with Crippen molar-refractivity contribution >= 4 is 0 Å². The summed E-state index contributed by atoms with van der Waals surface area (Å²) in [5.41, 5.74) is 0.